The predicted molar refractivity (Wildman–Crippen MR) is 99.3 cm³/mol. The van der Waals surface area contributed by atoms with Gasteiger partial charge in [0.25, 0.3) is 0 Å². The zero-order chi connectivity index (χ0) is 17.7. The van der Waals surface area contributed by atoms with Crippen LogP contribution < -0.4 is 10.6 Å². The molecule has 2 aromatic carbocycles. The summed E-state index contributed by atoms with van der Waals surface area (Å²) in [7, 11) is 0. The first-order chi connectivity index (χ1) is 12.1. The summed E-state index contributed by atoms with van der Waals surface area (Å²) in [5.74, 6) is -0.192. The normalized spacial score (nSPS) is 20.4. The first-order valence-corrected chi connectivity index (χ1v) is 8.80. The topological polar surface area (TPSA) is 58.2 Å². The molecular formula is C21H24N2O2. The number of benzene rings is 2. The highest BCUT2D eigenvalue weighted by atomic mass is 16.2. The number of nitrogens with one attached hydrogen (secondary N) is 2. The molecular weight excluding hydrogens is 312 g/mol. The summed E-state index contributed by atoms with van der Waals surface area (Å²) in [6, 6.07) is 17.6. The van der Waals surface area contributed by atoms with Crippen molar-refractivity contribution in [2.75, 3.05) is 5.32 Å². The number of carbonyl (C=O) groups excluding carboxylic acids is 2. The monoisotopic (exact) mass is 336 g/mol. The zero-order valence-corrected chi connectivity index (χ0v) is 14.5. The first kappa shape index (κ1) is 17.2. The van der Waals surface area contributed by atoms with E-state index in [1.165, 1.54) is 0 Å². The van der Waals surface area contributed by atoms with E-state index in [1.54, 1.807) is 0 Å². The Bertz CT molecular complexity index is 740. The molecule has 4 heteroatoms. The third kappa shape index (κ3) is 4.27. The van der Waals surface area contributed by atoms with Crippen LogP contribution in [0.1, 0.15) is 36.8 Å². The number of anilines is 1. The molecule has 1 atom stereocenters. The van der Waals surface area contributed by atoms with Crippen LogP contribution in [0.3, 0.4) is 0 Å². The largest absolute Gasteiger partial charge is 0.341 e. The van der Waals surface area contributed by atoms with Gasteiger partial charge in [-0.1, -0.05) is 54.4 Å². The lowest BCUT2D eigenvalue weighted by molar-refractivity contribution is -0.130. The van der Waals surface area contributed by atoms with Gasteiger partial charge in [0.2, 0.25) is 11.8 Å². The second-order valence-corrected chi connectivity index (χ2v) is 6.82. The Morgan fingerprint density at radius 2 is 1.80 bits per heavy atom. The lowest BCUT2D eigenvalue weighted by atomic mass is 9.85. The van der Waals surface area contributed by atoms with Gasteiger partial charge in [0.1, 0.15) is 5.54 Å². The quantitative estimate of drug-likeness (QED) is 0.896. The molecule has 0 saturated carbocycles. The van der Waals surface area contributed by atoms with Crippen LogP contribution in [0.2, 0.25) is 0 Å². The summed E-state index contributed by atoms with van der Waals surface area (Å²) in [6.07, 6.45) is 3.30. The van der Waals surface area contributed by atoms with Crippen LogP contribution in [-0.2, 0) is 16.0 Å². The van der Waals surface area contributed by atoms with Crippen molar-refractivity contribution in [1.29, 1.82) is 0 Å². The van der Waals surface area contributed by atoms with Crippen molar-refractivity contribution in [1.82, 2.24) is 5.32 Å². The fourth-order valence-electron chi connectivity index (χ4n) is 3.32. The van der Waals surface area contributed by atoms with Gasteiger partial charge in [-0.3, -0.25) is 9.59 Å². The van der Waals surface area contributed by atoms with Crippen molar-refractivity contribution < 1.29 is 9.59 Å². The molecule has 3 rings (SSSR count). The minimum absolute atomic E-state index is 0.0486. The minimum Gasteiger partial charge on any atom is -0.341 e. The molecule has 1 saturated heterocycles. The van der Waals surface area contributed by atoms with E-state index in [0.29, 0.717) is 19.3 Å². The molecule has 1 heterocycles. The van der Waals surface area contributed by atoms with Gasteiger partial charge in [0.15, 0.2) is 0 Å². The van der Waals surface area contributed by atoms with Gasteiger partial charge in [-0.05, 0) is 37.5 Å². The van der Waals surface area contributed by atoms with Gasteiger partial charge >= 0.3 is 0 Å². The predicted octanol–water partition coefficient (Wildman–Crippen LogP) is 3.61. The van der Waals surface area contributed by atoms with Gasteiger partial charge in [-0.2, -0.15) is 0 Å². The molecule has 0 bridgehead atoms. The third-order valence-electron chi connectivity index (χ3n) is 4.73. The van der Waals surface area contributed by atoms with Gasteiger partial charge in [0, 0.05) is 18.5 Å². The summed E-state index contributed by atoms with van der Waals surface area (Å²) in [5, 5.41) is 6.02. The van der Waals surface area contributed by atoms with Crippen LogP contribution in [0.4, 0.5) is 5.69 Å². The molecule has 2 amide bonds. The Hall–Kier alpha value is -2.62. The van der Waals surface area contributed by atoms with Crippen LogP contribution in [0.25, 0.3) is 0 Å². The summed E-state index contributed by atoms with van der Waals surface area (Å²) < 4.78 is 0. The van der Waals surface area contributed by atoms with Crippen molar-refractivity contribution >= 4 is 17.5 Å². The standard InChI is InChI=1S/C21H24N2O2/c1-16-10-12-18(13-11-16)22-20(25)21(14-6-5-9-19(24)23-21)15-17-7-3-2-4-8-17/h2-4,7-8,10-13H,5-6,9,14-15H2,1H3,(H,22,25)(H,23,24). The minimum atomic E-state index is -0.903. The Kier molecular flexibility index (Phi) is 5.17. The molecule has 2 N–H and O–H groups in total. The number of hydrogen-bond acceptors (Lipinski definition) is 2. The third-order valence-corrected chi connectivity index (χ3v) is 4.73. The van der Waals surface area contributed by atoms with E-state index in [2.05, 4.69) is 10.6 Å². The summed E-state index contributed by atoms with van der Waals surface area (Å²) >= 11 is 0. The summed E-state index contributed by atoms with van der Waals surface area (Å²) in [6.45, 7) is 2.01. The SMILES string of the molecule is Cc1ccc(NC(=O)C2(Cc3ccccc3)CCCCC(=O)N2)cc1. The smallest absolute Gasteiger partial charge is 0.250 e. The Labute approximate surface area is 148 Å². The zero-order valence-electron chi connectivity index (χ0n) is 14.5. The highest BCUT2D eigenvalue weighted by Gasteiger charge is 2.40. The molecule has 1 aliphatic rings. The molecule has 4 nitrogen and oxygen atoms in total. The van der Waals surface area contributed by atoms with Gasteiger partial charge < -0.3 is 10.6 Å². The maximum atomic E-state index is 13.2. The molecule has 0 aromatic heterocycles. The Morgan fingerprint density at radius 1 is 1.08 bits per heavy atom. The number of aryl methyl sites for hydroxylation is 1. The highest BCUT2D eigenvalue weighted by Crippen LogP contribution is 2.26. The lowest BCUT2D eigenvalue weighted by Gasteiger charge is -2.32. The Morgan fingerprint density at radius 3 is 2.52 bits per heavy atom. The van der Waals surface area contributed by atoms with Crippen molar-refractivity contribution in [3.63, 3.8) is 0 Å². The lowest BCUT2D eigenvalue weighted by Crippen LogP contribution is -2.57. The van der Waals surface area contributed by atoms with Crippen molar-refractivity contribution in [3.05, 3.63) is 65.7 Å². The van der Waals surface area contributed by atoms with Crippen LogP contribution in [0.5, 0.6) is 0 Å². The van der Waals surface area contributed by atoms with Gasteiger partial charge in [0.05, 0.1) is 0 Å². The van der Waals surface area contributed by atoms with Gasteiger partial charge in [-0.25, -0.2) is 0 Å². The fraction of sp³-hybridized carbons (Fsp3) is 0.333. The molecule has 130 valence electrons. The second-order valence-electron chi connectivity index (χ2n) is 6.82. The molecule has 0 radical (unpaired) electrons. The molecule has 25 heavy (non-hydrogen) atoms. The summed E-state index contributed by atoms with van der Waals surface area (Å²) in [5.41, 5.74) is 2.03. The van der Waals surface area contributed by atoms with Crippen molar-refractivity contribution in [2.45, 2.75) is 44.6 Å². The number of hydrogen-bond donors (Lipinski definition) is 2. The van der Waals surface area contributed by atoms with Crippen molar-refractivity contribution in [2.24, 2.45) is 0 Å². The molecule has 2 aromatic rings. The van der Waals surface area contributed by atoms with E-state index in [9.17, 15) is 9.59 Å². The van der Waals surface area contributed by atoms with Crippen LogP contribution in [0, 0.1) is 6.92 Å². The van der Waals surface area contributed by atoms with E-state index in [4.69, 9.17) is 0 Å². The molecule has 1 aliphatic heterocycles. The maximum Gasteiger partial charge on any atom is 0.250 e. The van der Waals surface area contributed by atoms with Crippen LogP contribution >= 0.6 is 0 Å². The average Bonchev–Trinajstić information content (AvgIpc) is 2.80. The summed E-state index contributed by atoms with van der Waals surface area (Å²) in [4.78, 5) is 25.4. The average molecular weight is 336 g/mol. The highest BCUT2D eigenvalue weighted by molar-refractivity contribution is 6.01. The Balaban J connectivity index is 1.87. The number of carbonyl (C=O) groups is 2. The van der Waals surface area contributed by atoms with E-state index >= 15 is 0 Å². The van der Waals surface area contributed by atoms with E-state index < -0.39 is 5.54 Å². The molecule has 1 fully saturated rings. The number of rotatable bonds is 4. The first-order valence-electron chi connectivity index (χ1n) is 8.80. The van der Waals surface area contributed by atoms with E-state index in [1.807, 2.05) is 61.5 Å². The fourth-order valence-corrected chi connectivity index (χ4v) is 3.32. The van der Waals surface area contributed by atoms with Crippen molar-refractivity contribution in [3.8, 4) is 0 Å². The van der Waals surface area contributed by atoms with Gasteiger partial charge in [-0.15, -0.1) is 0 Å². The molecule has 0 aliphatic carbocycles. The maximum absolute atomic E-state index is 13.2. The van der Waals surface area contributed by atoms with E-state index in [-0.39, 0.29) is 11.8 Å². The molecule has 1 unspecified atom stereocenters. The van der Waals surface area contributed by atoms with E-state index in [0.717, 1.165) is 29.7 Å². The number of amides is 2. The van der Waals surface area contributed by atoms with Crippen LogP contribution in [0.15, 0.2) is 54.6 Å². The molecule has 0 spiro atoms. The second kappa shape index (κ2) is 7.51. The van der Waals surface area contributed by atoms with Crippen LogP contribution in [-0.4, -0.2) is 17.4 Å².